The van der Waals surface area contributed by atoms with Crippen molar-refractivity contribution in [3.63, 3.8) is 0 Å². The number of carboxylic acids is 2. The average molecular weight is 493 g/mol. The van der Waals surface area contributed by atoms with Crippen LogP contribution in [0.5, 0.6) is 5.75 Å². The maximum atomic E-state index is 12.6. The predicted octanol–water partition coefficient (Wildman–Crippen LogP) is 2.08. The molecule has 2 saturated heterocycles. The number of nitrogens with zero attached hydrogens (tertiary/aromatic N) is 3. The molecule has 1 aromatic rings. The lowest BCUT2D eigenvalue weighted by atomic mass is 10.1. The molecule has 3 N–H and O–H groups in total. The van der Waals surface area contributed by atoms with Gasteiger partial charge in [0.1, 0.15) is 12.6 Å². The van der Waals surface area contributed by atoms with Gasteiger partial charge in [-0.15, -0.1) is 0 Å². The van der Waals surface area contributed by atoms with Crippen molar-refractivity contribution < 1.29 is 42.5 Å². The van der Waals surface area contributed by atoms with Crippen LogP contribution in [0.4, 0.5) is 13.2 Å². The van der Waals surface area contributed by atoms with Gasteiger partial charge in [0.15, 0.2) is 10.9 Å². The number of pyridine rings is 1. The van der Waals surface area contributed by atoms with E-state index in [1.54, 1.807) is 4.90 Å². The fraction of sp³-hybridized carbons (Fsp3) is 0.526. The zero-order valence-electron chi connectivity index (χ0n) is 17.0. The fourth-order valence-electron chi connectivity index (χ4n) is 3.35. The second-order valence-electron chi connectivity index (χ2n) is 7.24. The number of nitriles is 1. The second-order valence-corrected chi connectivity index (χ2v) is 7.60. The first kappa shape index (κ1) is 26.1. The lowest BCUT2D eigenvalue weighted by molar-refractivity contribution is -0.192. The monoisotopic (exact) mass is 492 g/mol. The van der Waals surface area contributed by atoms with Gasteiger partial charge in [0, 0.05) is 18.8 Å². The highest BCUT2D eigenvalue weighted by Gasteiger charge is 2.38. The third-order valence-corrected chi connectivity index (χ3v) is 5.24. The van der Waals surface area contributed by atoms with E-state index in [2.05, 4.69) is 16.4 Å². The molecule has 3 rings (SSSR count). The summed E-state index contributed by atoms with van der Waals surface area (Å²) < 4.78 is 37.3. The van der Waals surface area contributed by atoms with Crippen LogP contribution in [0.3, 0.4) is 0 Å². The number of aromatic carboxylic acids is 1. The van der Waals surface area contributed by atoms with Crippen LogP contribution in [-0.4, -0.2) is 75.4 Å². The molecule has 2 fully saturated rings. The molecule has 0 spiro atoms. The molecule has 1 amide bonds. The summed E-state index contributed by atoms with van der Waals surface area (Å²) >= 11 is 5.94. The maximum absolute atomic E-state index is 12.6. The van der Waals surface area contributed by atoms with E-state index in [0.717, 1.165) is 19.3 Å². The third-order valence-electron chi connectivity index (χ3n) is 4.96. The molecule has 2 aliphatic heterocycles. The van der Waals surface area contributed by atoms with E-state index in [1.165, 1.54) is 12.3 Å². The number of hydrogen-bond donors (Lipinski definition) is 3. The summed E-state index contributed by atoms with van der Waals surface area (Å²) in [6.45, 7) is 0.871. The summed E-state index contributed by atoms with van der Waals surface area (Å²) in [4.78, 5) is 37.9. The van der Waals surface area contributed by atoms with Crippen molar-refractivity contribution >= 4 is 29.4 Å². The molecule has 0 aliphatic carbocycles. The normalized spacial score (nSPS) is 22.2. The second kappa shape index (κ2) is 11.2. The molecule has 0 unspecified atom stereocenters. The van der Waals surface area contributed by atoms with Crippen LogP contribution >= 0.6 is 11.6 Å². The van der Waals surface area contributed by atoms with Gasteiger partial charge in [0.05, 0.1) is 17.7 Å². The first-order valence-corrected chi connectivity index (χ1v) is 10.1. The number of carbonyl (C=O) groups excluding carboxylic acids is 1. The smallest absolute Gasteiger partial charge is 0.489 e. The van der Waals surface area contributed by atoms with Gasteiger partial charge < -0.3 is 19.8 Å². The first-order valence-electron chi connectivity index (χ1n) is 9.72. The number of nitrogens with one attached hydrogen (secondary N) is 1. The van der Waals surface area contributed by atoms with Crippen LogP contribution in [0.15, 0.2) is 12.3 Å². The van der Waals surface area contributed by atoms with Gasteiger partial charge in [-0.25, -0.2) is 14.6 Å². The number of alkyl halides is 3. The number of aromatic nitrogens is 1. The SMILES string of the molecule is N#C[C@@H]1CCCN1C(=O)[C@@H]1CC[C@H](COc2cc(C(=O)O)cnc2Cl)N1.O=C(O)C(F)(F)F. The lowest BCUT2D eigenvalue weighted by Crippen LogP contribution is -2.47. The van der Waals surface area contributed by atoms with Crippen LogP contribution in [-0.2, 0) is 9.59 Å². The van der Waals surface area contributed by atoms with Crippen LogP contribution in [0.2, 0.25) is 5.15 Å². The van der Waals surface area contributed by atoms with E-state index in [9.17, 15) is 22.8 Å². The molecule has 0 bridgehead atoms. The largest absolute Gasteiger partial charge is 0.490 e. The standard InChI is InChI=1S/C17H19ClN4O4.C2HF3O2/c18-15-14(6-10(8-20-15)17(24)25)26-9-11-3-4-13(21-11)16(23)22-5-1-2-12(22)7-19;3-2(4,5)1(6)7/h6,8,11-13,21H,1-5,9H2,(H,24,25);(H,6,7)/t11-,12+,13+;/m1./s1. The molecule has 0 aromatic carbocycles. The Bertz CT molecular complexity index is 939. The Balaban J connectivity index is 0.000000479. The molecule has 3 atom stereocenters. The van der Waals surface area contributed by atoms with E-state index in [4.69, 9.17) is 36.6 Å². The number of amides is 1. The Morgan fingerprint density at radius 2 is 1.97 bits per heavy atom. The molecule has 14 heteroatoms. The molecular formula is C19H20ClF3N4O6. The molecule has 3 heterocycles. The van der Waals surface area contributed by atoms with Gasteiger partial charge in [0.25, 0.3) is 0 Å². The highest BCUT2D eigenvalue weighted by Crippen LogP contribution is 2.25. The van der Waals surface area contributed by atoms with E-state index in [1.807, 2.05) is 0 Å². The lowest BCUT2D eigenvalue weighted by Gasteiger charge is -2.24. The van der Waals surface area contributed by atoms with Crippen LogP contribution in [0.25, 0.3) is 0 Å². The Hall–Kier alpha value is -3.11. The fourth-order valence-corrected chi connectivity index (χ4v) is 3.50. The van der Waals surface area contributed by atoms with Crippen molar-refractivity contribution in [2.24, 2.45) is 0 Å². The van der Waals surface area contributed by atoms with Crippen LogP contribution in [0, 0.1) is 11.3 Å². The summed E-state index contributed by atoms with van der Waals surface area (Å²) in [5.41, 5.74) is -0.00610. The number of hydrogen-bond acceptors (Lipinski definition) is 7. The first-order chi connectivity index (χ1) is 15.4. The highest BCUT2D eigenvalue weighted by atomic mass is 35.5. The topological polar surface area (TPSA) is 153 Å². The summed E-state index contributed by atoms with van der Waals surface area (Å²) in [6.07, 6.45) is -0.920. The number of carbonyl (C=O) groups is 3. The zero-order chi connectivity index (χ0) is 24.8. The Labute approximate surface area is 190 Å². The van der Waals surface area contributed by atoms with Gasteiger partial charge in [-0.3, -0.25) is 10.1 Å². The number of ether oxygens (including phenoxy) is 1. The zero-order valence-corrected chi connectivity index (χ0v) is 17.8. The number of aliphatic carboxylic acids is 1. The number of likely N-dealkylation sites (tertiary alicyclic amines) is 1. The van der Waals surface area contributed by atoms with Crippen LogP contribution < -0.4 is 10.1 Å². The van der Waals surface area contributed by atoms with Gasteiger partial charge in [-0.1, -0.05) is 11.6 Å². The predicted molar refractivity (Wildman–Crippen MR) is 106 cm³/mol. The molecule has 10 nitrogen and oxygen atoms in total. The van der Waals surface area contributed by atoms with Gasteiger partial charge in [0.2, 0.25) is 5.91 Å². The van der Waals surface area contributed by atoms with E-state index in [-0.39, 0.29) is 47.1 Å². The molecule has 33 heavy (non-hydrogen) atoms. The van der Waals surface area contributed by atoms with Crippen molar-refractivity contribution in [2.45, 2.75) is 50.0 Å². The van der Waals surface area contributed by atoms with Gasteiger partial charge in [-0.05, 0) is 31.7 Å². The van der Waals surface area contributed by atoms with Crippen molar-refractivity contribution in [3.05, 3.63) is 23.0 Å². The van der Waals surface area contributed by atoms with Crippen molar-refractivity contribution in [1.29, 1.82) is 5.26 Å². The van der Waals surface area contributed by atoms with E-state index in [0.29, 0.717) is 13.0 Å². The van der Waals surface area contributed by atoms with Crippen molar-refractivity contribution in [3.8, 4) is 11.8 Å². The summed E-state index contributed by atoms with van der Waals surface area (Å²) in [6, 6.07) is 2.80. The number of halogens is 4. The van der Waals surface area contributed by atoms with Gasteiger partial charge >= 0.3 is 18.1 Å². The van der Waals surface area contributed by atoms with E-state index < -0.39 is 18.1 Å². The molecule has 0 radical (unpaired) electrons. The molecule has 0 saturated carbocycles. The third kappa shape index (κ3) is 7.19. The maximum Gasteiger partial charge on any atom is 0.490 e. The van der Waals surface area contributed by atoms with E-state index >= 15 is 0 Å². The molecule has 2 aliphatic rings. The Morgan fingerprint density at radius 3 is 2.55 bits per heavy atom. The Kier molecular flexibility index (Phi) is 8.84. The summed E-state index contributed by atoms with van der Waals surface area (Å²) in [5, 5.41) is 28.6. The minimum atomic E-state index is -5.08. The van der Waals surface area contributed by atoms with Crippen molar-refractivity contribution in [2.75, 3.05) is 13.2 Å². The number of carboxylic acid groups (broad SMARTS) is 2. The summed E-state index contributed by atoms with van der Waals surface area (Å²) in [5.74, 6) is -3.70. The van der Waals surface area contributed by atoms with Crippen molar-refractivity contribution in [1.82, 2.24) is 15.2 Å². The minimum absolute atomic E-state index is 0.00610. The Morgan fingerprint density at radius 1 is 1.30 bits per heavy atom. The quantitative estimate of drug-likeness (QED) is 0.524. The molecular weight excluding hydrogens is 473 g/mol. The van der Waals surface area contributed by atoms with Crippen LogP contribution in [0.1, 0.15) is 36.0 Å². The molecule has 180 valence electrons. The highest BCUT2D eigenvalue weighted by molar-refractivity contribution is 6.30. The average Bonchev–Trinajstić information content (AvgIpc) is 3.41. The summed E-state index contributed by atoms with van der Waals surface area (Å²) in [7, 11) is 0. The number of rotatable bonds is 5. The van der Waals surface area contributed by atoms with Gasteiger partial charge in [-0.2, -0.15) is 18.4 Å². The minimum Gasteiger partial charge on any atom is -0.489 e. The molecule has 1 aromatic heterocycles.